The molecule has 0 spiro atoms. The molecule has 0 unspecified atom stereocenters. The molecule has 0 atom stereocenters. The Morgan fingerprint density at radius 2 is 2.29 bits per heavy atom. The monoisotopic (exact) mass is 236 g/mol. The summed E-state index contributed by atoms with van der Waals surface area (Å²) in [4.78, 5) is 11.9. The Labute approximate surface area is 102 Å². The molecule has 1 aliphatic heterocycles. The van der Waals surface area contributed by atoms with Crippen molar-refractivity contribution in [2.75, 3.05) is 19.6 Å². The summed E-state index contributed by atoms with van der Waals surface area (Å²) >= 11 is 0. The van der Waals surface area contributed by atoms with Gasteiger partial charge in [0.2, 0.25) is 0 Å². The van der Waals surface area contributed by atoms with Gasteiger partial charge in [-0.2, -0.15) is 5.10 Å². The molecule has 2 rings (SSSR count). The zero-order valence-corrected chi connectivity index (χ0v) is 10.5. The van der Waals surface area contributed by atoms with E-state index in [9.17, 15) is 4.79 Å². The molecule has 0 radical (unpaired) electrons. The number of hydrogen-bond acceptors (Lipinski definition) is 3. The van der Waals surface area contributed by atoms with Crippen LogP contribution >= 0.6 is 0 Å². The lowest BCUT2D eigenvalue weighted by atomic mass is 9.81. The number of piperidine rings is 1. The molecule has 1 amide bonds. The zero-order chi connectivity index (χ0) is 12.3. The molecular formula is C12H20N4O. The molecule has 1 aromatic heterocycles. The second kappa shape index (κ2) is 4.87. The number of amides is 1. The van der Waals surface area contributed by atoms with Gasteiger partial charge in [-0.05, 0) is 31.3 Å². The predicted molar refractivity (Wildman–Crippen MR) is 65.8 cm³/mol. The summed E-state index contributed by atoms with van der Waals surface area (Å²) in [5.74, 6) is -0.0298. The van der Waals surface area contributed by atoms with Crippen LogP contribution in [0.25, 0.3) is 0 Å². The van der Waals surface area contributed by atoms with Crippen molar-refractivity contribution in [3.8, 4) is 0 Å². The van der Waals surface area contributed by atoms with Gasteiger partial charge in [-0.3, -0.25) is 9.48 Å². The van der Waals surface area contributed by atoms with Crippen LogP contribution in [-0.4, -0.2) is 35.3 Å². The number of rotatable bonds is 3. The van der Waals surface area contributed by atoms with Gasteiger partial charge in [0.1, 0.15) is 0 Å². The largest absolute Gasteiger partial charge is 0.351 e. The van der Waals surface area contributed by atoms with Crippen molar-refractivity contribution in [3.05, 3.63) is 18.0 Å². The summed E-state index contributed by atoms with van der Waals surface area (Å²) in [6.45, 7) is 5.05. The third kappa shape index (κ3) is 3.06. The Morgan fingerprint density at radius 1 is 1.59 bits per heavy atom. The fourth-order valence-corrected chi connectivity index (χ4v) is 2.14. The molecule has 0 saturated carbocycles. The van der Waals surface area contributed by atoms with Gasteiger partial charge >= 0.3 is 0 Å². The van der Waals surface area contributed by atoms with E-state index in [4.69, 9.17) is 0 Å². The molecule has 1 saturated heterocycles. The highest BCUT2D eigenvalue weighted by molar-refractivity contribution is 5.93. The van der Waals surface area contributed by atoms with E-state index in [1.807, 2.05) is 7.05 Å². The average Bonchev–Trinajstić information content (AvgIpc) is 2.74. The second-order valence-electron chi connectivity index (χ2n) is 5.15. The van der Waals surface area contributed by atoms with Gasteiger partial charge in [0.25, 0.3) is 5.91 Å². The van der Waals surface area contributed by atoms with E-state index in [-0.39, 0.29) is 11.3 Å². The highest BCUT2D eigenvalue weighted by Crippen LogP contribution is 2.26. The van der Waals surface area contributed by atoms with Gasteiger partial charge in [-0.15, -0.1) is 0 Å². The van der Waals surface area contributed by atoms with Gasteiger partial charge in [-0.25, -0.2) is 0 Å². The zero-order valence-electron chi connectivity index (χ0n) is 10.5. The first-order valence-corrected chi connectivity index (χ1v) is 6.07. The fourth-order valence-electron chi connectivity index (χ4n) is 2.14. The quantitative estimate of drug-likeness (QED) is 0.805. The molecular weight excluding hydrogens is 216 g/mol. The lowest BCUT2D eigenvalue weighted by molar-refractivity contribution is 0.0922. The average molecular weight is 236 g/mol. The molecule has 5 nitrogen and oxygen atoms in total. The highest BCUT2D eigenvalue weighted by Gasteiger charge is 2.27. The molecule has 17 heavy (non-hydrogen) atoms. The van der Waals surface area contributed by atoms with E-state index in [1.54, 1.807) is 17.1 Å². The van der Waals surface area contributed by atoms with Crippen molar-refractivity contribution in [1.82, 2.24) is 20.4 Å². The third-order valence-corrected chi connectivity index (χ3v) is 3.45. The van der Waals surface area contributed by atoms with Crippen LogP contribution < -0.4 is 10.6 Å². The number of nitrogens with one attached hydrogen (secondary N) is 2. The van der Waals surface area contributed by atoms with E-state index in [0.717, 1.165) is 32.5 Å². The lowest BCUT2D eigenvalue weighted by Gasteiger charge is -2.34. The molecule has 5 heteroatoms. The maximum Gasteiger partial charge on any atom is 0.254 e. The highest BCUT2D eigenvalue weighted by atomic mass is 16.1. The number of aryl methyl sites for hydroxylation is 1. The standard InChI is InChI=1S/C12H20N4O/c1-12(3-5-13-6-4-12)9-14-11(17)10-7-15-16(2)8-10/h7-8,13H,3-6,9H2,1-2H3,(H,14,17). The molecule has 0 aromatic carbocycles. The number of carbonyl (C=O) groups is 1. The van der Waals surface area contributed by atoms with Crippen LogP contribution in [-0.2, 0) is 7.05 Å². The molecule has 1 aromatic rings. The SMILES string of the molecule is Cn1cc(C(=O)NCC2(C)CCNCC2)cn1. The Balaban J connectivity index is 1.87. The van der Waals surface area contributed by atoms with Gasteiger partial charge in [-0.1, -0.05) is 6.92 Å². The van der Waals surface area contributed by atoms with E-state index < -0.39 is 0 Å². The van der Waals surface area contributed by atoms with Crippen LogP contribution in [0.15, 0.2) is 12.4 Å². The maximum absolute atomic E-state index is 11.9. The Hall–Kier alpha value is -1.36. The van der Waals surface area contributed by atoms with Crippen molar-refractivity contribution in [2.24, 2.45) is 12.5 Å². The summed E-state index contributed by atoms with van der Waals surface area (Å²) in [6.07, 6.45) is 5.56. The van der Waals surface area contributed by atoms with Crippen LogP contribution in [0.4, 0.5) is 0 Å². The topological polar surface area (TPSA) is 59.0 Å². The molecule has 0 bridgehead atoms. The first-order valence-electron chi connectivity index (χ1n) is 6.07. The second-order valence-corrected chi connectivity index (χ2v) is 5.15. The van der Waals surface area contributed by atoms with E-state index in [1.165, 1.54) is 0 Å². The lowest BCUT2D eigenvalue weighted by Crippen LogP contribution is -2.42. The van der Waals surface area contributed by atoms with Crippen LogP contribution in [0.5, 0.6) is 0 Å². The van der Waals surface area contributed by atoms with Gasteiger partial charge in [0.05, 0.1) is 11.8 Å². The van der Waals surface area contributed by atoms with E-state index in [0.29, 0.717) is 5.56 Å². The first kappa shape index (κ1) is 12.1. The molecule has 0 aliphatic carbocycles. The molecule has 1 fully saturated rings. The summed E-state index contributed by atoms with van der Waals surface area (Å²) in [5, 5.41) is 10.3. The van der Waals surface area contributed by atoms with Crippen LogP contribution in [0.2, 0.25) is 0 Å². The van der Waals surface area contributed by atoms with E-state index in [2.05, 4.69) is 22.7 Å². The number of aromatic nitrogens is 2. The van der Waals surface area contributed by atoms with E-state index >= 15 is 0 Å². The van der Waals surface area contributed by atoms with Gasteiger partial charge in [0, 0.05) is 19.8 Å². The minimum atomic E-state index is -0.0298. The maximum atomic E-state index is 11.9. The Morgan fingerprint density at radius 3 is 2.88 bits per heavy atom. The molecule has 2 heterocycles. The minimum absolute atomic E-state index is 0.0298. The van der Waals surface area contributed by atoms with Crippen LogP contribution in [0.3, 0.4) is 0 Å². The normalized spacial score (nSPS) is 18.9. The Bertz CT molecular complexity index is 393. The number of nitrogens with zero attached hydrogens (tertiary/aromatic N) is 2. The molecule has 94 valence electrons. The number of carbonyl (C=O) groups excluding carboxylic acids is 1. The minimum Gasteiger partial charge on any atom is -0.351 e. The van der Waals surface area contributed by atoms with Crippen LogP contribution in [0.1, 0.15) is 30.1 Å². The van der Waals surface area contributed by atoms with Crippen molar-refractivity contribution < 1.29 is 4.79 Å². The summed E-state index contributed by atoms with van der Waals surface area (Å²) in [7, 11) is 1.81. The molecule has 1 aliphatic rings. The fraction of sp³-hybridized carbons (Fsp3) is 0.667. The summed E-state index contributed by atoms with van der Waals surface area (Å²) in [5.41, 5.74) is 0.855. The number of hydrogen-bond donors (Lipinski definition) is 2. The van der Waals surface area contributed by atoms with Crippen LogP contribution in [0, 0.1) is 5.41 Å². The van der Waals surface area contributed by atoms with Crippen molar-refractivity contribution in [3.63, 3.8) is 0 Å². The van der Waals surface area contributed by atoms with Crippen molar-refractivity contribution >= 4 is 5.91 Å². The van der Waals surface area contributed by atoms with Crippen molar-refractivity contribution in [2.45, 2.75) is 19.8 Å². The van der Waals surface area contributed by atoms with Gasteiger partial charge in [0.15, 0.2) is 0 Å². The molecule has 2 N–H and O–H groups in total. The summed E-state index contributed by atoms with van der Waals surface area (Å²) < 4.78 is 1.64. The van der Waals surface area contributed by atoms with Gasteiger partial charge < -0.3 is 10.6 Å². The van der Waals surface area contributed by atoms with Crippen molar-refractivity contribution in [1.29, 1.82) is 0 Å². The smallest absolute Gasteiger partial charge is 0.254 e. The Kier molecular flexibility index (Phi) is 3.47. The summed E-state index contributed by atoms with van der Waals surface area (Å²) in [6, 6.07) is 0. The third-order valence-electron chi connectivity index (χ3n) is 3.45. The predicted octanol–water partition coefficient (Wildman–Crippen LogP) is 0.540. The first-order chi connectivity index (χ1) is 8.09.